The average molecular weight is 279 g/mol. The molecule has 0 aliphatic heterocycles. The van der Waals surface area contributed by atoms with Gasteiger partial charge in [-0.25, -0.2) is 4.98 Å². The lowest BCUT2D eigenvalue weighted by Crippen LogP contribution is -2.26. The number of aliphatic carboxylic acids is 1. The summed E-state index contributed by atoms with van der Waals surface area (Å²) in [4.78, 5) is 14.5. The van der Waals surface area contributed by atoms with Crippen LogP contribution in [0.25, 0.3) is 0 Å². The van der Waals surface area contributed by atoms with Crippen molar-refractivity contribution >= 4 is 17.7 Å². The molecule has 1 N–H and O–H groups in total. The normalized spacial score (nSPS) is 12.5. The number of hydrogen-bond acceptors (Lipinski definition) is 3. The Balaban J connectivity index is 2.68. The second kappa shape index (κ2) is 5.17. The molecule has 0 atom stereocenters. The summed E-state index contributed by atoms with van der Waals surface area (Å²) in [7, 11) is 0. The fourth-order valence-corrected chi connectivity index (χ4v) is 1.87. The number of halogens is 3. The van der Waals surface area contributed by atoms with Crippen LogP contribution >= 0.6 is 11.8 Å². The highest BCUT2D eigenvalue weighted by Crippen LogP contribution is 2.31. The molecular weight excluding hydrogens is 267 g/mol. The van der Waals surface area contributed by atoms with E-state index in [4.69, 9.17) is 5.11 Å². The van der Waals surface area contributed by atoms with Crippen molar-refractivity contribution in [2.75, 3.05) is 5.75 Å². The van der Waals surface area contributed by atoms with Gasteiger partial charge >= 0.3 is 12.1 Å². The molecule has 0 aliphatic carbocycles. The van der Waals surface area contributed by atoms with Crippen LogP contribution in [0.2, 0.25) is 0 Å². The molecule has 0 saturated carbocycles. The maximum Gasteiger partial charge on any atom is 0.417 e. The molecule has 0 unspecified atom stereocenters. The van der Waals surface area contributed by atoms with Gasteiger partial charge < -0.3 is 5.11 Å². The molecule has 1 aromatic heterocycles. The van der Waals surface area contributed by atoms with Gasteiger partial charge in [-0.1, -0.05) is 0 Å². The third kappa shape index (κ3) is 3.90. The number of hydrogen-bond donors (Lipinski definition) is 1. The second-order valence-corrected chi connectivity index (χ2v) is 5.36. The molecule has 0 aromatic carbocycles. The zero-order chi connectivity index (χ0) is 14.0. The molecule has 0 spiro atoms. The summed E-state index contributed by atoms with van der Waals surface area (Å²) < 4.78 is 36.8. The molecule has 0 radical (unpaired) electrons. The van der Waals surface area contributed by atoms with E-state index in [0.29, 0.717) is 5.03 Å². The number of carboxylic acids is 1. The molecule has 0 bridgehead atoms. The Bertz CT molecular complexity index is 429. The quantitative estimate of drug-likeness (QED) is 0.859. The van der Waals surface area contributed by atoms with E-state index in [2.05, 4.69) is 4.98 Å². The van der Waals surface area contributed by atoms with Crippen molar-refractivity contribution in [1.82, 2.24) is 4.98 Å². The molecule has 100 valence electrons. The molecule has 18 heavy (non-hydrogen) atoms. The van der Waals surface area contributed by atoms with Crippen LogP contribution in [-0.2, 0) is 11.0 Å². The first kappa shape index (κ1) is 14.8. The van der Waals surface area contributed by atoms with E-state index in [-0.39, 0.29) is 5.75 Å². The lowest BCUT2D eigenvalue weighted by molar-refractivity contribution is -0.145. The first-order chi connectivity index (χ1) is 8.13. The number of thioether (sulfide) groups is 1. The van der Waals surface area contributed by atoms with Gasteiger partial charge in [-0.3, -0.25) is 4.79 Å². The van der Waals surface area contributed by atoms with Crippen LogP contribution in [0.1, 0.15) is 19.4 Å². The van der Waals surface area contributed by atoms with Gasteiger partial charge in [0.05, 0.1) is 16.0 Å². The zero-order valence-electron chi connectivity index (χ0n) is 9.78. The molecule has 7 heteroatoms. The largest absolute Gasteiger partial charge is 0.481 e. The van der Waals surface area contributed by atoms with E-state index in [1.807, 2.05) is 0 Å². The van der Waals surface area contributed by atoms with Gasteiger partial charge in [0.1, 0.15) is 0 Å². The monoisotopic (exact) mass is 279 g/mol. The second-order valence-electron chi connectivity index (χ2n) is 4.36. The van der Waals surface area contributed by atoms with Gasteiger partial charge in [0.15, 0.2) is 0 Å². The molecule has 0 saturated heterocycles. The van der Waals surface area contributed by atoms with Gasteiger partial charge in [-0.05, 0) is 26.0 Å². The maximum absolute atomic E-state index is 12.3. The molecule has 3 nitrogen and oxygen atoms in total. The fourth-order valence-electron chi connectivity index (χ4n) is 0.949. The van der Waals surface area contributed by atoms with E-state index < -0.39 is 23.1 Å². The van der Waals surface area contributed by atoms with Crippen molar-refractivity contribution in [3.05, 3.63) is 23.9 Å². The summed E-state index contributed by atoms with van der Waals surface area (Å²) in [5.41, 5.74) is -1.76. The molecule has 1 aromatic rings. The van der Waals surface area contributed by atoms with Crippen LogP contribution in [-0.4, -0.2) is 21.8 Å². The van der Waals surface area contributed by atoms with E-state index in [9.17, 15) is 18.0 Å². The summed E-state index contributed by atoms with van der Waals surface area (Å²) in [6.45, 7) is 3.10. The minimum atomic E-state index is -4.41. The lowest BCUT2D eigenvalue weighted by Gasteiger charge is -2.17. The number of carboxylic acid groups (broad SMARTS) is 1. The van der Waals surface area contributed by atoms with E-state index in [0.717, 1.165) is 24.0 Å². The van der Waals surface area contributed by atoms with Crippen molar-refractivity contribution < 1.29 is 23.1 Å². The highest BCUT2D eigenvalue weighted by Gasteiger charge is 2.31. The van der Waals surface area contributed by atoms with E-state index in [1.165, 1.54) is 6.07 Å². The highest BCUT2D eigenvalue weighted by molar-refractivity contribution is 7.99. The van der Waals surface area contributed by atoms with Crippen LogP contribution in [0, 0.1) is 5.41 Å². The maximum atomic E-state index is 12.3. The Morgan fingerprint density at radius 2 is 2.00 bits per heavy atom. The minimum absolute atomic E-state index is 0.237. The van der Waals surface area contributed by atoms with Crippen LogP contribution < -0.4 is 0 Å². The molecule has 1 heterocycles. The standard InChI is InChI=1S/C11H12F3NO2S/c1-10(2,9(16)17)6-18-8-4-3-7(5-15-8)11(12,13)14/h3-5H,6H2,1-2H3,(H,16,17). The number of pyridine rings is 1. The first-order valence-corrected chi connectivity index (χ1v) is 6.01. The topological polar surface area (TPSA) is 50.2 Å². The molecule has 1 rings (SSSR count). The van der Waals surface area contributed by atoms with Gasteiger partial charge in [-0.2, -0.15) is 13.2 Å². The molecule has 0 amide bonds. The van der Waals surface area contributed by atoms with E-state index in [1.54, 1.807) is 13.8 Å². The number of rotatable bonds is 4. The van der Waals surface area contributed by atoms with Crippen molar-refractivity contribution in [1.29, 1.82) is 0 Å². The molecular formula is C11H12F3NO2S. The average Bonchev–Trinajstić information content (AvgIpc) is 2.25. The van der Waals surface area contributed by atoms with Crippen LogP contribution in [0.3, 0.4) is 0 Å². The van der Waals surface area contributed by atoms with Crippen LogP contribution in [0.5, 0.6) is 0 Å². The zero-order valence-corrected chi connectivity index (χ0v) is 10.6. The molecule has 0 fully saturated rings. The van der Waals surface area contributed by atoms with E-state index >= 15 is 0 Å². The Morgan fingerprint density at radius 1 is 1.39 bits per heavy atom. The van der Waals surface area contributed by atoms with Crippen molar-refractivity contribution in [2.45, 2.75) is 25.0 Å². The van der Waals surface area contributed by atoms with Crippen LogP contribution in [0.4, 0.5) is 13.2 Å². The third-order valence-corrected chi connectivity index (χ3v) is 3.63. The number of aromatic nitrogens is 1. The highest BCUT2D eigenvalue weighted by atomic mass is 32.2. The minimum Gasteiger partial charge on any atom is -0.481 e. The first-order valence-electron chi connectivity index (χ1n) is 5.02. The Kier molecular flexibility index (Phi) is 4.26. The molecule has 0 aliphatic rings. The SMILES string of the molecule is CC(C)(CSc1ccc(C(F)(F)F)cn1)C(=O)O. The van der Waals surface area contributed by atoms with Gasteiger partial charge in [0.2, 0.25) is 0 Å². The number of nitrogens with zero attached hydrogens (tertiary/aromatic N) is 1. The Morgan fingerprint density at radius 3 is 2.39 bits per heavy atom. The Hall–Kier alpha value is -1.24. The fraction of sp³-hybridized carbons (Fsp3) is 0.455. The summed E-state index contributed by atoms with van der Waals surface area (Å²) in [6, 6.07) is 2.18. The smallest absolute Gasteiger partial charge is 0.417 e. The van der Waals surface area contributed by atoms with Crippen molar-refractivity contribution in [2.24, 2.45) is 5.41 Å². The predicted molar refractivity (Wildman–Crippen MR) is 61.4 cm³/mol. The summed E-state index contributed by atoms with van der Waals surface area (Å²) in [5.74, 6) is -0.720. The van der Waals surface area contributed by atoms with Gasteiger partial charge in [0.25, 0.3) is 0 Å². The third-order valence-electron chi connectivity index (χ3n) is 2.22. The van der Waals surface area contributed by atoms with Gasteiger partial charge in [0, 0.05) is 11.9 Å². The van der Waals surface area contributed by atoms with Crippen LogP contribution in [0.15, 0.2) is 23.4 Å². The summed E-state index contributed by atoms with van der Waals surface area (Å²) in [6.07, 6.45) is -3.66. The summed E-state index contributed by atoms with van der Waals surface area (Å²) in [5, 5.41) is 9.26. The lowest BCUT2D eigenvalue weighted by atomic mass is 9.97. The summed E-state index contributed by atoms with van der Waals surface area (Å²) >= 11 is 1.12. The number of alkyl halides is 3. The Labute approximate surface area is 106 Å². The number of carbonyl (C=O) groups is 1. The van der Waals surface area contributed by atoms with Crippen molar-refractivity contribution in [3.63, 3.8) is 0 Å². The predicted octanol–water partition coefficient (Wildman–Crippen LogP) is 3.30. The van der Waals surface area contributed by atoms with Crippen molar-refractivity contribution in [3.8, 4) is 0 Å². The van der Waals surface area contributed by atoms with Gasteiger partial charge in [-0.15, -0.1) is 11.8 Å².